The Balaban J connectivity index is 1.57. The fraction of sp³-hybridized carbons (Fsp3) is 0.227. The molecule has 0 radical (unpaired) electrons. The summed E-state index contributed by atoms with van der Waals surface area (Å²) < 4.78 is 11.0. The number of hydrogen-bond acceptors (Lipinski definition) is 6. The van der Waals surface area contributed by atoms with E-state index in [-0.39, 0.29) is 18.2 Å². The molecule has 1 aliphatic heterocycles. The van der Waals surface area contributed by atoms with E-state index in [4.69, 9.17) is 33.3 Å². The lowest BCUT2D eigenvalue weighted by Gasteiger charge is -2.14. The van der Waals surface area contributed by atoms with Gasteiger partial charge in [0.2, 0.25) is 5.91 Å². The Morgan fingerprint density at radius 3 is 2.68 bits per heavy atom. The van der Waals surface area contributed by atoms with Crippen molar-refractivity contribution in [3.8, 4) is 11.5 Å². The summed E-state index contributed by atoms with van der Waals surface area (Å²) in [5, 5.41) is 3.35. The minimum absolute atomic E-state index is 0.145. The third kappa shape index (κ3) is 6.00. The Bertz CT molecular complexity index is 1040. The molecule has 31 heavy (non-hydrogen) atoms. The molecule has 0 aromatic heterocycles. The highest BCUT2D eigenvalue weighted by molar-refractivity contribution is 8.26. The van der Waals surface area contributed by atoms with Crippen molar-refractivity contribution in [2.24, 2.45) is 0 Å². The Kier molecular flexibility index (Phi) is 7.95. The van der Waals surface area contributed by atoms with Crippen molar-refractivity contribution in [2.45, 2.75) is 12.8 Å². The summed E-state index contributed by atoms with van der Waals surface area (Å²) in [7, 11) is 3.13. The van der Waals surface area contributed by atoms with Crippen LogP contribution in [0.5, 0.6) is 11.5 Å². The van der Waals surface area contributed by atoms with E-state index in [0.29, 0.717) is 44.4 Å². The first-order valence-electron chi connectivity index (χ1n) is 9.44. The molecule has 0 unspecified atom stereocenters. The quantitative estimate of drug-likeness (QED) is 0.428. The first-order valence-corrected chi connectivity index (χ1v) is 11.0. The van der Waals surface area contributed by atoms with Gasteiger partial charge in [-0.25, -0.2) is 0 Å². The van der Waals surface area contributed by atoms with E-state index in [0.717, 1.165) is 5.56 Å². The second-order valence-corrected chi connectivity index (χ2v) is 8.72. The van der Waals surface area contributed by atoms with Gasteiger partial charge >= 0.3 is 0 Å². The van der Waals surface area contributed by atoms with Gasteiger partial charge in [-0.15, -0.1) is 0 Å². The van der Waals surface area contributed by atoms with E-state index in [2.05, 4.69) is 5.32 Å². The Hall–Kier alpha value is -2.55. The topological polar surface area (TPSA) is 67.9 Å². The van der Waals surface area contributed by atoms with Crippen molar-refractivity contribution in [2.75, 3.05) is 26.1 Å². The van der Waals surface area contributed by atoms with Crippen molar-refractivity contribution in [3.63, 3.8) is 0 Å². The van der Waals surface area contributed by atoms with E-state index < -0.39 is 0 Å². The van der Waals surface area contributed by atoms with E-state index in [1.54, 1.807) is 56.7 Å². The van der Waals surface area contributed by atoms with Gasteiger partial charge in [0.1, 0.15) is 4.32 Å². The highest BCUT2D eigenvalue weighted by Gasteiger charge is 2.31. The first-order chi connectivity index (χ1) is 14.9. The maximum atomic E-state index is 12.8. The van der Waals surface area contributed by atoms with Crippen LogP contribution in [-0.2, 0) is 9.59 Å². The lowest BCUT2D eigenvalue weighted by atomic mass is 10.2. The largest absolute Gasteiger partial charge is 0.493 e. The molecular formula is C22H21ClN2O4S2. The Morgan fingerprint density at radius 2 is 1.97 bits per heavy atom. The molecule has 1 N–H and O–H groups in total. The average Bonchev–Trinajstić information content (AvgIpc) is 3.01. The Morgan fingerprint density at radius 1 is 1.19 bits per heavy atom. The molecule has 1 heterocycles. The van der Waals surface area contributed by atoms with Crippen molar-refractivity contribution >= 4 is 63.5 Å². The molecule has 2 amide bonds. The predicted molar refractivity (Wildman–Crippen MR) is 129 cm³/mol. The standard InChI is InChI=1S/C22H21ClN2O4S2/c1-28-17-9-8-14(11-18(17)29-2)12-19-21(27)25(22(30)31-19)10-4-7-20(26)24-16-6-3-5-15(23)13-16/h3,5-6,8-9,11-13H,4,7,10H2,1-2H3,(H,24,26)/b19-12-. The van der Waals surface area contributed by atoms with Gasteiger partial charge in [-0.3, -0.25) is 14.5 Å². The van der Waals surface area contributed by atoms with E-state index in [9.17, 15) is 9.59 Å². The van der Waals surface area contributed by atoms with Gasteiger partial charge in [-0.1, -0.05) is 47.7 Å². The van der Waals surface area contributed by atoms with Gasteiger partial charge < -0.3 is 14.8 Å². The summed E-state index contributed by atoms with van der Waals surface area (Å²) in [4.78, 5) is 27.0. The molecular weight excluding hydrogens is 456 g/mol. The number of benzene rings is 2. The second kappa shape index (κ2) is 10.7. The molecule has 0 bridgehead atoms. The van der Waals surface area contributed by atoms with Crippen LogP contribution in [0.2, 0.25) is 5.02 Å². The highest BCUT2D eigenvalue weighted by Crippen LogP contribution is 2.34. The minimum atomic E-state index is -0.167. The lowest BCUT2D eigenvalue weighted by Crippen LogP contribution is -2.29. The Labute approximate surface area is 195 Å². The van der Waals surface area contributed by atoms with Crippen LogP contribution in [-0.4, -0.2) is 41.8 Å². The summed E-state index contributed by atoms with van der Waals surface area (Å²) in [5.41, 5.74) is 1.44. The molecule has 0 aliphatic carbocycles. The summed E-state index contributed by atoms with van der Waals surface area (Å²) in [6, 6.07) is 12.4. The fourth-order valence-electron chi connectivity index (χ4n) is 2.97. The molecule has 0 saturated carbocycles. The van der Waals surface area contributed by atoms with Crippen LogP contribution in [0.15, 0.2) is 47.4 Å². The highest BCUT2D eigenvalue weighted by atomic mass is 35.5. The number of methoxy groups -OCH3 is 2. The molecule has 0 spiro atoms. The number of halogens is 1. The average molecular weight is 477 g/mol. The van der Waals surface area contributed by atoms with Crippen LogP contribution in [0.25, 0.3) is 6.08 Å². The second-order valence-electron chi connectivity index (χ2n) is 6.61. The number of amides is 2. The molecule has 2 aromatic rings. The van der Waals surface area contributed by atoms with Crippen LogP contribution in [0.3, 0.4) is 0 Å². The zero-order valence-corrected chi connectivity index (χ0v) is 19.4. The maximum absolute atomic E-state index is 12.8. The summed E-state index contributed by atoms with van der Waals surface area (Å²) in [6.07, 6.45) is 2.52. The van der Waals surface area contributed by atoms with Crippen molar-refractivity contribution in [3.05, 3.63) is 58.0 Å². The number of nitrogens with one attached hydrogen (secondary N) is 1. The third-order valence-corrected chi connectivity index (χ3v) is 6.09. The number of thioether (sulfide) groups is 1. The van der Waals surface area contributed by atoms with E-state index in [1.165, 1.54) is 16.7 Å². The van der Waals surface area contributed by atoms with Crippen LogP contribution >= 0.6 is 35.6 Å². The SMILES string of the molecule is COc1ccc(/C=C2\SC(=S)N(CCCC(=O)Nc3cccc(Cl)c3)C2=O)cc1OC. The smallest absolute Gasteiger partial charge is 0.266 e. The number of anilines is 1. The molecule has 162 valence electrons. The number of carbonyl (C=O) groups is 2. The molecule has 0 atom stereocenters. The zero-order valence-electron chi connectivity index (χ0n) is 17.0. The number of rotatable bonds is 8. The van der Waals surface area contributed by atoms with Crippen LogP contribution in [0.4, 0.5) is 5.69 Å². The minimum Gasteiger partial charge on any atom is -0.493 e. The zero-order chi connectivity index (χ0) is 22.4. The number of hydrogen-bond donors (Lipinski definition) is 1. The molecule has 6 nitrogen and oxygen atoms in total. The summed E-state index contributed by atoms with van der Waals surface area (Å²) in [6.45, 7) is 0.372. The van der Waals surface area contributed by atoms with Gasteiger partial charge in [-0.2, -0.15) is 0 Å². The number of carbonyl (C=O) groups excluding carboxylic acids is 2. The lowest BCUT2D eigenvalue weighted by molar-refractivity contribution is -0.122. The molecule has 1 aliphatic rings. The molecule has 3 rings (SSSR count). The molecule has 9 heteroatoms. The van der Waals surface area contributed by atoms with Crippen molar-refractivity contribution in [1.82, 2.24) is 4.90 Å². The third-order valence-electron chi connectivity index (χ3n) is 4.47. The van der Waals surface area contributed by atoms with Crippen molar-refractivity contribution in [1.29, 1.82) is 0 Å². The van der Waals surface area contributed by atoms with Crippen LogP contribution < -0.4 is 14.8 Å². The van der Waals surface area contributed by atoms with E-state index >= 15 is 0 Å². The predicted octanol–water partition coefficient (Wildman–Crippen LogP) is 4.98. The maximum Gasteiger partial charge on any atom is 0.266 e. The molecule has 1 saturated heterocycles. The van der Waals surface area contributed by atoms with E-state index in [1.807, 2.05) is 6.07 Å². The van der Waals surface area contributed by atoms with Crippen molar-refractivity contribution < 1.29 is 19.1 Å². The van der Waals surface area contributed by atoms with Crippen LogP contribution in [0.1, 0.15) is 18.4 Å². The molecule has 1 fully saturated rings. The normalized spacial score (nSPS) is 14.8. The number of thiocarbonyl (C=S) groups is 1. The molecule has 2 aromatic carbocycles. The monoisotopic (exact) mass is 476 g/mol. The first kappa shape index (κ1) is 23.1. The number of ether oxygens (including phenoxy) is 2. The van der Waals surface area contributed by atoms with Gasteiger partial charge in [0.15, 0.2) is 11.5 Å². The van der Waals surface area contributed by atoms with Gasteiger partial charge in [0, 0.05) is 23.7 Å². The fourth-order valence-corrected chi connectivity index (χ4v) is 4.47. The van der Waals surface area contributed by atoms with Gasteiger partial charge in [0.05, 0.1) is 19.1 Å². The number of nitrogens with zero attached hydrogens (tertiary/aromatic N) is 1. The van der Waals surface area contributed by atoms with Gasteiger partial charge in [0.25, 0.3) is 5.91 Å². The summed E-state index contributed by atoms with van der Waals surface area (Å²) in [5.74, 6) is 0.884. The summed E-state index contributed by atoms with van der Waals surface area (Å²) >= 11 is 12.5. The van der Waals surface area contributed by atoms with Gasteiger partial charge in [-0.05, 0) is 48.4 Å². The van der Waals surface area contributed by atoms with Crippen LogP contribution in [0, 0.1) is 0 Å².